The number of aliphatic hydroxyl groups excluding tert-OH is 1. The van der Waals surface area contributed by atoms with Gasteiger partial charge in [-0.05, 0) is 90.4 Å². The van der Waals surface area contributed by atoms with Crippen molar-refractivity contribution in [3.05, 3.63) is 11.6 Å². The Morgan fingerprint density at radius 2 is 1.59 bits per heavy atom. The van der Waals surface area contributed by atoms with E-state index < -0.39 is 22.3 Å². The topological polar surface area (TPSA) is 89.9 Å². The lowest BCUT2D eigenvalue weighted by Crippen LogP contribution is -2.69. The number of ketones is 1. The van der Waals surface area contributed by atoms with Crippen molar-refractivity contribution in [2.75, 3.05) is 7.11 Å². The summed E-state index contributed by atoms with van der Waals surface area (Å²) in [5.74, 6) is -0.790. The molecule has 5 aliphatic rings. The molecule has 0 aromatic heterocycles. The Kier molecular flexibility index (Phi) is 6.40. The number of aliphatic hydroxyl groups is 1. The molecular weight excluding hydrogens is 492 g/mol. The molecule has 0 spiro atoms. The molecule has 6 heteroatoms. The van der Waals surface area contributed by atoms with E-state index >= 15 is 0 Å². The van der Waals surface area contributed by atoms with Crippen LogP contribution in [-0.2, 0) is 23.9 Å². The molecule has 39 heavy (non-hydrogen) atoms. The maximum absolute atomic E-state index is 14.5. The molecule has 4 saturated carbocycles. The number of ether oxygens (including phenoxy) is 2. The fourth-order valence-corrected chi connectivity index (χ4v) is 11.0. The van der Waals surface area contributed by atoms with Gasteiger partial charge in [0.25, 0.3) is 0 Å². The van der Waals surface area contributed by atoms with Gasteiger partial charge in [-0.15, -0.1) is 0 Å². The monoisotopic (exact) mass is 542 g/mol. The van der Waals surface area contributed by atoms with E-state index in [1.165, 1.54) is 19.6 Å². The summed E-state index contributed by atoms with van der Waals surface area (Å²) in [6.45, 7) is 17.0. The Morgan fingerprint density at radius 1 is 0.949 bits per heavy atom. The average Bonchev–Trinajstić information content (AvgIpc) is 2.82. The molecule has 1 N–H and O–H groups in total. The smallest absolute Gasteiger partial charge is 0.312 e. The van der Waals surface area contributed by atoms with Gasteiger partial charge >= 0.3 is 11.9 Å². The summed E-state index contributed by atoms with van der Waals surface area (Å²) in [6.07, 6.45) is 7.10. The van der Waals surface area contributed by atoms with Gasteiger partial charge in [0.1, 0.15) is 6.10 Å². The van der Waals surface area contributed by atoms with Crippen LogP contribution in [0.1, 0.15) is 107 Å². The zero-order chi connectivity index (χ0) is 29.0. The second kappa shape index (κ2) is 8.66. The molecule has 0 aliphatic heterocycles. The number of methoxy groups -OCH3 is 1. The lowest BCUT2D eigenvalue weighted by Gasteiger charge is -2.70. The van der Waals surface area contributed by atoms with Crippen LogP contribution in [-0.4, -0.2) is 42.1 Å². The quantitative estimate of drug-likeness (QED) is 0.428. The fourth-order valence-electron chi connectivity index (χ4n) is 11.0. The molecule has 0 bridgehead atoms. The van der Waals surface area contributed by atoms with Crippen LogP contribution in [0.4, 0.5) is 0 Å². The lowest BCUT2D eigenvalue weighted by molar-refractivity contribution is -0.216. The summed E-state index contributed by atoms with van der Waals surface area (Å²) in [5, 5.41) is 11.1. The predicted molar refractivity (Wildman–Crippen MR) is 148 cm³/mol. The molecule has 5 rings (SSSR count). The molecule has 0 amide bonds. The molecule has 0 aromatic carbocycles. The highest BCUT2D eigenvalue weighted by atomic mass is 16.5. The van der Waals surface area contributed by atoms with Gasteiger partial charge in [-0.25, -0.2) is 0 Å². The highest BCUT2D eigenvalue weighted by Crippen LogP contribution is 2.75. The van der Waals surface area contributed by atoms with E-state index in [4.69, 9.17) is 9.47 Å². The van der Waals surface area contributed by atoms with Gasteiger partial charge in [-0.3, -0.25) is 14.4 Å². The third kappa shape index (κ3) is 3.71. The van der Waals surface area contributed by atoms with E-state index in [0.29, 0.717) is 19.3 Å². The Bertz CT molecular complexity index is 1120. The molecule has 0 heterocycles. The van der Waals surface area contributed by atoms with E-state index in [1.807, 2.05) is 6.08 Å². The minimum Gasteiger partial charge on any atom is -0.469 e. The van der Waals surface area contributed by atoms with E-state index in [1.54, 1.807) is 0 Å². The van der Waals surface area contributed by atoms with Crippen molar-refractivity contribution >= 4 is 17.7 Å². The van der Waals surface area contributed by atoms with Crippen molar-refractivity contribution in [2.24, 2.45) is 50.2 Å². The standard InChI is InChI=1S/C33H50O6/c1-19(34)39-22-18-32(8)23(30(6)11-10-24(36)29(4,5)26(22)30)16-21(35)25-20-17-28(2,3)12-14-33(20,27(37)38-9)15-13-31(25,32)7/h16,20,22,24-26,36H,10-15,17-18H2,1-9H3/t20-,22+,24-,25-,26-,30+,31+,32+,33-/m0/s1. The number of carbonyl (C=O) groups excluding carboxylic acids is 3. The highest BCUT2D eigenvalue weighted by molar-refractivity contribution is 5.96. The van der Waals surface area contributed by atoms with Crippen molar-refractivity contribution in [3.63, 3.8) is 0 Å². The first kappa shape index (κ1) is 28.8. The normalized spacial score (nSPS) is 47.9. The van der Waals surface area contributed by atoms with Crippen LogP contribution in [0, 0.1) is 50.2 Å². The zero-order valence-corrected chi connectivity index (χ0v) is 25.6. The van der Waals surface area contributed by atoms with Gasteiger partial charge in [0, 0.05) is 18.8 Å². The molecule has 5 aliphatic carbocycles. The first-order valence-corrected chi connectivity index (χ1v) is 15.1. The lowest BCUT2D eigenvalue weighted by atomic mass is 9.33. The van der Waals surface area contributed by atoms with Crippen LogP contribution in [0.25, 0.3) is 0 Å². The number of hydrogen-bond donors (Lipinski definition) is 1. The van der Waals surface area contributed by atoms with Crippen LogP contribution in [0.5, 0.6) is 0 Å². The van der Waals surface area contributed by atoms with Gasteiger partial charge in [0.2, 0.25) is 0 Å². The maximum atomic E-state index is 14.5. The SMILES string of the molecule is COC(=O)[C@]12CCC(C)(C)C[C@H]1[C@H]1C(=O)C=C3[C@@]4(C)CC[C@H](O)C(C)(C)[C@@H]4[C@H](OC(C)=O)C[C@@]3(C)[C@]1(C)CC2. The van der Waals surface area contributed by atoms with E-state index in [2.05, 4.69) is 48.5 Å². The third-order valence-corrected chi connectivity index (χ3v) is 13.1. The van der Waals surface area contributed by atoms with Crippen molar-refractivity contribution < 1.29 is 29.0 Å². The number of allylic oxidation sites excluding steroid dienone is 2. The van der Waals surface area contributed by atoms with Crippen LogP contribution in [0.3, 0.4) is 0 Å². The van der Waals surface area contributed by atoms with Crippen molar-refractivity contribution in [3.8, 4) is 0 Å². The molecule has 0 aromatic rings. The van der Waals surface area contributed by atoms with Crippen molar-refractivity contribution in [2.45, 2.75) is 119 Å². The molecule has 4 fully saturated rings. The van der Waals surface area contributed by atoms with Crippen LogP contribution in [0.15, 0.2) is 11.6 Å². The highest BCUT2D eigenvalue weighted by Gasteiger charge is 2.72. The summed E-state index contributed by atoms with van der Waals surface area (Å²) < 4.78 is 11.6. The van der Waals surface area contributed by atoms with Gasteiger partial charge in [-0.1, -0.05) is 54.0 Å². The summed E-state index contributed by atoms with van der Waals surface area (Å²) >= 11 is 0. The molecular formula is C33H50O6. The second-order valence-corrected chi connectivity index (χ2v) is 15.9. The van der Waals surface area contributed by atoms with Crippen molar-refractivity contribution in [1.29, 1.82) is 0 Å². The van der Waals surface area contributed by atoms with E-state index in [-0.39, 0.29) is 57.8 Å². The Morgan fingerprint density at radius 3 is 2.21 bits per heavy atom. The third-order valence-electron chi connectivity index (χ3n) is 13.1. The molecule has 218 valence electrons. The summed E-state index contributed by atoms with van der Waals surface area (Å²) in [7, 11) is 1.48. The van der Waals surface area contributed by atoms with Gasteiger partial charge < -0.3 is 14.6 Å². The molecule has 9 atom stereocenters. The molecule has 0 saturated heterocycles. The Balaban J connectivity index is 1.70. The fraction of sp³-hybridized carbons (Fsp3) is 0.848. The molecule has 0 unspecified atom stereocenters. The molecule has 6 nitrogen and oxygen atoms in total. The van der Waals surface area contributed by atoms with Gasteiger partial charge in [0.05, 0.1) is 18.6 Å². The minimum atomic E-state index is -0.626. The van der Waals surface area contributed by atoms with Crippen LogP contribution >= 0.6 is 0 Å². The summed E-state index contributed by atoms with van der Waals surface area (Å²) in [6, 6.07) is 0. The summed E-state index contributed by atoms with van der Waals surface area (Å²) in [5.41, 5.74) is -1.06. The van der Waals surface area contributed by atoms with Crippen LogP contribution < -0.4 is 0 Å². The minimum absolute atomic E-state index is 0.0407. The van der Waals surface area contributed by atoms with Crippen molar-refractivity contribution in [1.82, 2.24) is 0 Å². The first-order chi connectivity index (χ1) is 17.9. The zero-order valence-electron chi connectivity index (χ0n) is 25.6. The Hall–Kier alpha value is -1.69. The largest absolute Gasteiger partial charge is 0.469 e. The maximum Gasteiger partial charge on any atom is 0.312 e. The summed E-state index contributed by atoms with van der Waals surface area (Å²) in [4.78, 5) is 40.4. The van der Waals surface area contributed by atoms with Gasteiger partial charge in [0.15, 0.2) is 5.78 Å². The number of hydrogen-bond acceptors (Lipinski definition) is 6. The van der Waals surface area contributed by atoms with E-state index in [9.17, 15) is 19.5 Å². The van der Waals surface area contributed by atoms with Gasteiger partial charge in [-0.2, -0.15) is 0 Å². The predicted octanol–water partition coefficient (Wildman–Crippen LogP) is 6.04. The number of carbonyl (C=O) groups is 3. The second-order valence-electron chi connectivity index (χ2n) is 15.9. The molecule has 0 radical (unpaired) electrons. The Labute approximate surface area is 234 Å². The number of fused-ring (bicyclic) bond motifs is 7. The van der Waals surface area contributed by atoms with E-state index in [0.717, 1.165) is 32.1 Å². The number of esters is 2. The number of rotatable bonds is 2. The average molecular weight is 543 g/mol. The first-order valence-electron chi connectivity index (χ1n) is 15.1. The van der Waals surface area contributed by atoms with Crippen LogP contribution in [0.2, 0.25) is 0 Å².